The van der Waals surface area contributed by atoms with Crippen LogP contribution in [0.1, 0.15) is 35.2 Å². The number of Topliss-reactive ketones (excluding diaryl/α,β-unsaturated/α-hetero) is 1. The minimum absolute atomic E-state index is 0.148. The molecule has 0 unspecified atom stereocenters. The smallest absolute Gasteiger partial charge is 0.321 e. The molecule has 2 aliphatic heterocycles. The Kier molecular flexibility index (Phi) is 4.00. The van der Waals surface area contributed by atoms with E-state index in [1.54, 1.807) is 24.3 Å². The third-order valence-corrected chi connectivity index (χ3v) is 5.57. The molecule has 0 radical (unpaired) electrons. The lowest BCUT2D eigenvalue weighted by Gasteiger charge is -2.46. The predicted molar refractivity (Wildman–Crippen MR) is 83.9 cm³/mol. The van der Waals surface area contributed by atoms with Crippen LogP contribution in [0.5, 0.6) is 0 Å². The highest BCUT2D eigenvalue weighted by atomic mass is 16.4. The molecule has 2 aliphatic rings. The normalized spacial score (nSPS) is 33.6. The summed E-state index contributed by atoms with van der Waals surface area (Å²) in [6.45, 7) is 0.355. The molecule has 1 aromatic carbocycles. The lowest BCUT2D eigenvalue weighted by molar-refractivity contribution is -0.161. The van der Waals surface area contributed by atoms with E-state index in [0.29, 0.717) is 24.9 Å². The number of ketones is 1. The minimum atomic E-state index is -1.80. The van der Waals surface area contributed by atoms with Gasteiger partial charge in [0.25, 0.3) is 0 Å². The van der Waals surface area contributed by atoms with Crippen LogP contribution in [-0.2, 0) is 11.3 Å². The number of fused-ring (bicyclic) bond motifs is 2. The van der Waals surface area contributed by atoms with Crippen LogP contribution < -0.4 is 5.73 Å². The van der Waals surface area contributed by atoms with Crippen molar-refractivity contribution in [2.24, 2.45) is 11.1 Å². The SMILES string of the molecule is CN1[C@H]2CC[C@@H]1[C@](C(=O)O)(C(=O)c1ccc(CN)cc1)[C@@H](O)C2. The zero-order chi connectivity index (χ0) is 16.8. The van der Waals surface area contributed by atoms with E-state index >= 15 is 0 Å². The fourth-order valence-corrected chi connectivity index (χ4v) is 4.23. The van der Waals surface area contributed by atoms with Gasteiger partial charge in [0.15, 0.2) is 11.2 Å². The summed E-state index contributed by atoms with van der Waals surface area (Å²) < 4.78 is 0. The molecule has 2 saturated heterocycles. The number of rotatable bonds is 4. The first-order valence-corrected chi connectivity index (χ1v) is 7.90. The molecule has 2 fully saturated rings. The Hall–Kier alpha value is -1.76. The summed E-state index contributed by atoms with van der Waals surface area (Å²) in [7, 11) is 1.84. The molecule has 4 atom stereocenters. The zero-order valence-corrected chi connectivity index (χ0v) is 13.1. The average molecular weight is 318 g/mol. The number of piperidine rings is 1. The van der Waals surface area contributed by atoms with E-state index in [2.05, 4.69) is 0 Å². The van der Waals surface area contributed by atoms with E-state index in [4.69, 9.17) is 5.73 Å². The second kappa shape index (κ2) is 5.70. The summed E-state index contributed by atoms with van der Waals surface area (Å²) in [6.07, 6.45) is 0.561. The van der Waals surface area contributed by atoms with Crippen molar-refractivity contribution < 1.29 is 19.8 Å². The molecule has 0 amide bonds. The van der Waals surface area contributed by atoms with Gasteiger partial charge in [-0.2, -0.15) is 0 Å². The van der Waals surface area contributed by atoms with E-state index in [0.717, 1.165) is 12.0 Å². The Balaban J connectivity index is 2.06. The Labute approximate surface area is 134 Å². The molecular formula is C17H22N2O4. The van der Waals surface area contributed by atoms with Crippen LogP contribution >= 0.6 is 0 Å². The highest BCUT2D eigenvalue weighted by Crippen LogP contribution is 2.48. The molecule has 2 bridgehead atoms. The van der Waals surface area contributed by atoms with Crippen LogP contribution in [-0.4, -0.2) is 52.1 Å². The molecule has 124 valence electrons. The predicted octanol–water partition coefficient (Wildman–Crippen LogP) is 0.626. The molecule has 6 heteroatoms. The highest BCUT2D eigenvalue weighted by Gasteiger charge is 2.64. The molecule has 6 nitrogen and oxygen atoms in total. The second-order valence-electron chi connectivity index (χ2n) is 6.57. The lowest BCUT2D eigenvalue weighted by Crippen LogP contribution is -2.64. The number of nitrogens with zero attached hydrogens (tertiary/aromatic N) is 1. The fourth-order valence-electron chi connectivity index (χ4n) is 4.23. The van der Waals surface area contributed by atoms with E-state index in [9.17, 15) is 19.8 Å². The monoisotopic (exact) mass is 318 g/mol. The van der Waals surface area contributed by atoms with E-state index in [1.807, 2.05) is 11.9 Å². The number of carbonyl (C=O) groups excluding carboxylic acids is 1. The quantitative estimate of drug-likeness (QED) is 0.555. The maximum atomic E-state index is 13.1. The van der Waals surface area contributed by atoms with Crippen LogP contribution in [0, 0.1) is 5.41 Å². The van der Waals surface area contributed by atoms with Gasteiger partial charge in [-0.25, -0.2) is 0 Å². The van der Waals surface area contributed by atoms with Crippen LogP contribution in [0.3, 0.4) is 0 Å². The van der Waals surface area contributed by atoms with Crippen molar-refractivity contribution in [2.45, 2.75) is 44.0 Å². The maximum absolute atomic E-state index is 13.1. The first-order chi connectivity index (χ1) is 10.9. The summed E-state index contributed by atoms with van der Waals surface area (Å²) >= 11 is 0. The van der Waals surface area contributed by atoms with Crippen molar-refractivity contribution >= 4 is 11.8 Å². The molecular weight excluding hydrogens is 296 g/mol. The van der Waals surface area contributed by atoms with Gasteiger partial charge < -0.3 is 15.9 Å². The molecule has 23 heavy (non-hydrogen) atoms. The molecule has 3 rings (SSSR count). The molecule has 1 aromatic rings. The molecule has 0 aromatic heterocycles. The third kappa shape index (κ3) is 2.21. The minimum Gasteiger partial charge on any atom is -0.480 e. The van der Waals surface area contributed by atoms with Gasteiger partial charge in [-0.15, -0.1) is 0 Å². The molecule has 2 heterocycles. The van der Waals surface area contributed by atoms with Crippen LogP contribution in [0.4, 0.5) is 0 Å². The number of nitrogens with two attached hydrogens (primary N) is 1. The topological polar surface area (TPSA) is 104 Å². The summed E-state index contributed by atoms with van der Waals surface area (Å²) in [6, 6.07) is 6.31. The Morgan fingerprint density at radius 1 is 1.30 bits per heavy atom. The van der Waals surface area contributed by atoms with Crippen molar-refractivity contribution in [3.63, 3.8) is 0 Å². The van der Waals surface area contributed by atoms with Gasteiger partial charge in [-0.05, 0) is 31.9 Å². The van der Waals surface area contributed by atoms with E-state index in [-0.39, 0.29) is 6.04 Å². The van der Waals surface area contributed by atoms with Crippen molar-refractivity contribution in [3.8, 4) is 0 Å². The van der Waals surface area contributed by atoms with E-state index in [1.165, 1.54) is 0 Å². The van der Waals surface area contributed by atoms with Crippen molar-refractivity contribution in [1.82, 2.24) is 4.90 Å². The number of aliphatic hydroxyl groups is 1. The molecule has 0 aliphatic carbocycles. The summed E-state index contributed by atoms with van der Waals surface area (Å²) in [5.74, 6) is -1.76. The van der Waals surface area contributed by atoms with Gasteiger partial charge in [0.05, 0.1) is 6.10 Å². The van der Waals surface area contributed by atoms with Gasteiger partial charge in [0.1, 0.15) is 0 Å². The largest absolute Gasteiger partial charge is 0.480 e. The Morgan fingerprint density at radius 3 is 2.52 bits per heavy atom. The number of carbonyl (C=O) groups is 2. The molecule has 0 saturated carbocycles. The van der Waals surface area contributed by atoms with Crippen molar-refractivity contribution in [3.05, 3.63) is 35.4 Å². The first-order valence-electron chi connectivity index (χ1n) is 7.90. The van der Waals surface area contributed by atoms with Gasteiger partial charge in [-0.1, -0.05) is 24.3 Å². The van der Waals surface area contributed by atoms with Crippen molar-refractivity contribution in [1.29, 1.82) is 0 Å². The molecule has 0 spiro atoms. The average Bonchev–Trinajstić information content (AvgIpc) is 2.80. The van der Waals surface area contributed by atoms with Gasteiger partial charge in [-0.3, -0.25) is 14.5 Å². The highest BCUT2D eigenvalue weighted by molar-refractivity contribution is 6.13. The van der Waals surface area contributed by atoms with Gasteiger partial charge in [0, 0.05) is 24.2 Å². The zero-order valence-electron chi connectivity index (χ0n) is 13.1. The summed E-state index contributed by atoms with van der Waals surface area (Å²) in [5, 5.41) is 20.5. The van der Waals surface area contributed by atoms with Gasteiger partial charge >= 0.3 is 5.97 Å². The Morgan fingerprint density at radius 2 is 1.96 bits per heavy atom. The number of hydrogen-bond acceptors (Lipinski definition) is 5. The van der Waals surface area contributed by atoms with Gasteiger partial charge in [0.2, 0.25) is 0 Å². The van der Waals surface area contributed by atoms with E-state index < -0.39 is 29.3 Å². The lowest BCUT2D eigenvalue weighted by atomic mass is 9.67. The standard InChI is InChI=1S/C17H22N2O4/c1-19-12-6-7-13(19)17(16(22)23,14(20)8-12)15(21)11-4-2-10(9-18)3-5-11/h2-5,12-14,20H,6-9,18H2,1H3,(H,22,23)/t12-,13+,14-,17+/m0/s1. The molecule has 4 N–H and O–H groups in total. The number of hydrogen-bond donors (Lipinski definition) is 3. The summed E-state index contributed by atoms with van der Waals surface area (Å²) in [5.41, 5.74) is 4.93. The van der Waals surface area contributed by atoms with Crippen LogP contribution in [0.25, 0.3) is 0 Å². The number of aliphatic carboxylic acids is 1. The van der Waals surface area contributed by atoms with Crippen LogP contribution in [0.15, 0.2) is 24.3 Å². The third-order valence-electron chi connectivity index (χ3n) is 5.57. The number of benzene rings is 1. The number of carboxylic acids is 1. The summed E-state index contributed by atoms with van der Waals surface area (Å²) in [4.78, 5) is 27.2. The van der Waals surface area contributed by atoms with Crippen molar-refractivity contribution in [2.75, 3.05) is 7.05 Å². The first kappa shape index (κ1) is 16.1. The maximum Gasteiger partial charge on any atom is 0.321 e. The van der Waals surface area contributed by atoms with Crippen LogP contribution in [0.2, 0.25) is 0 Å². The Bertz CT molecular complexity index is 630. The second-order valence-corrected chi connectivity index (χ2v) is 6.57. The number of aliphatic hydroxyl groups excluding tert-OH is 1. The number of carboxylic acid groups (broad SMARTS) is 1. The fraction of sp³-hybridized carbons (Fsp3) is 0.529.